The molecule has 0 bridgehead atoms. The Kier molecular flexibility index (Phi) is 5.15. The third-order valence-electron chi connectivity index (χ3n) is 6.10. The van der Waals surface area contributed by atoms with Crippen LogP contribution in [0.5, 0.6) is 0 Å². The molecular formula is C29H18N2O5. The van der Waals surface area contributed by atoms with E-state index in [1.54, 1.807) is 42.5 Å². The van der Waals surface area contributed by atoms with E-state index in [4.69, 9.17) is 9.26 Å². The summed E-state index contributed by atoms with van der Waals surface area (Å²) in [6, 6.07) is 28.2. The molecule has 0 aliphatic carbocycles. The normalized spacial score (nSPS) is 12.7. The van der Waals surface area contributed by atoms with Crippen LogP contribution in [0.25, 0.3) is 22.1 Å². The van der Waals surface area contributed by atoms with Crippen molar-refractivity contribution in [3.8, 4) is 11.3 Å². The number of amides is 2. The summed E-state index contributed by atoms with van der Waals surface area (Å²) in [6.45, 7) is -0.0548. The molecule has 0 N–H and O–H groups in total. The Morgan fingerprint density at radius 2 is 1.47 bits per heavy atom. The largest absolute Gasteiger partial charge is 0.455 e. The molecule has 1 aliphatic rings. The lowest BCUT2D eigenvalue weighted by Crippen LogP contribution is -2.40. The quantitative estimate of drug-likeness (QED) is 0.241. The van der Waals surface area contributed by atoms with Crippen molar-refractivity contribution in [2.24, 2.45) is 0 Å². The van der Waals surface area contributed by atoms with E-state index >= 15 is 0 Å². The van der Waals surface area contributed by atoms with Gasteiger partial charge in [-0.3, -0.25) is 9.59 Å². The minimum Gasteiger partial charge on any atom is -0.455 e. The van der Waals surface area contributed by atoms with Gasteiger partial charge in [-0.15, -0.1) is 0 Å². The minimum atomic E-state index is -0.558. The molecule has 0 radical (unpaired) electrons. The maximum absolute atomic E-state index is 13.2. The van der Waals surface area contributed by atoms with Gasteiger partial charge in [0, 0.05) is 28.1 Å². The molecule has 7 heteroatoms. The van der Waals surface area contributed by atoms with Crippen molar-refractivity contribution >= 4 is 34.2 Å². The maximum Gasteiger partial charge on any atom is 0.338 e. The van der Waals surface area contributed by atoms with Crippen LogP contribution in [0, 0.1) is 0 Å². The molecule has 5 aromatic rings. The van der Waals surface area contributed by atoms with Gasteiger partial charge in [-0.2, -0.15) is 0 Å². The van der Waals surface area contributed by atoms with Gasteiger partial charge in [-0.05, 0) is 41.8 Å². The standard InChI is InChI=1S/C29H18N2O5/c32-27-23-10-4-8-19-9-5-11-24(26(19)23)28(33)31(27)22-14-12-20(13-15-22)29(34)35-17-21-16-25(36-30-21)18-6-2-1-3-7-18/h1-16H,17H2. The van der Waals surface area contributed by atoms with Crippen molar-refractivity contribution in [2.75, 3.05) is 4.90 Å². The van der Waals surface area contributed by atoms with E-state index in [1.165, 1.54) is 12.1 Å². The van der Waals surface area contributed by atoms with Crippen molar-refractivity contribution in [1.29, 1.82) is 0 Å². The van der Waals surface area contributed by atoms with Gasteiger partial charge in [0.15, 0.2) is 5.76 Å². The van der Waals surface area contributed by atoms with Crippen molar-refractivity contribution in [3.05, 3.63) is 119 Å². The van der Waals surface area contributed by atoms with Crippen molar-refractivity contribution in [2.45, 2.75) is 6.61 Å². The highest BCUT2D eigenvalue weighted by atomic mass is 16.5. The SMILES string of the molecule is O=C(OCc1cc(-c2ccccc2)on1)c1ccc(N2C(=O)c3cccc4cccc(c34)C2=O)cc1. The molecule has 0 saturated heterocycles. The number of hydrogen-bond donors (Lipinski definition) is 0. The van der Waals surface area contributed by atoms with Crippen LogP contribution in [0.2, 0.25) is 0 Å². The van der Waals surface area contributed by atoms with Crippen LogP contribution >= 0.6 is 0 Å². The second kappa shape index (κ2) is 8.63. The molecule has 1 aliphatic heterocycles. The lowest BCUT2D eigenvalue weighted by atomic mass is 9.94. The summed E-state index contributed by atoms with van der Waals surface area (Å²) in [5.74, 6) is -0.781. The van der Waals surface area contributed by atoms with E-state index < -0.39 is 17.8 Å². The third-order valence-corrected chi connectivity index (χ3v) is 6.10. The fourth-order valence-electron chi connectivity index (χ4n) is 4.35. The number of aromatic nitrogens is 1. The summed E-state index contributed by atoms with van der Waals surface area (Å²) < 4.78 is 10.7. The molecule has 0 unspecified atom stereocenters. The highest BCUT2D eigenvalue weighted by molar-refractivity contribution is 6.35. The fourth-order valence-corrected chi connectivity index (χ4v) is 4.35. The number of anilines is 1. The first kappa shape index (κ1) is 21.5. The van der Waals surface area contributed by atoms with E-state index in [2.05, 4.69) is 5.16 Å². The van der Waals surface area contributed by atoms with Crippen LogP contribution in [0.4, 0.5) is 5.69 Å². The number of esters is 1. The van der Waals surface area contributed by atoms with Crippen LogP contribution in [-0.2, 0) is 11.3 Å². The minimum absolute atomic E-state index is 0.0548. The zero-order valence-electron chi connectivity index (χ0n) is 18.9. The summed E-state index contributed by atoms with van der Waals surface area (Å²) in [7, 11) is 0. The number of carbonyl (C=O) groups is 3. The van der Waals surface area contributed by atoms with E-state index in [9.17, 15) is 14.4 Å². The Labute approximate surface area is 205 Å². The highest BCUT2D eigenvalue weighted by Crippen LogP contribution is 2.33. The Morgan fingerprint density at radius 1 is 0.806 bits per heavy atom. The average molecular weight is 474 g/mol. The summed E-state index contributed by atoms with van der Waals surface area (Å²) >= 11 is 0. The van der Waals surface area contributed by atoms with Crippen molar-refractivity contribution < 1.29 is 23.6 Å². The first-order valence-electron chi connectivity index (χ1n) is 11.3. The smallest absolute Gasteiger partial charge is 0.338 e. The van der Waals surface area contributed by atoms with E-state index in [-0.39, 0.29) is 12.2 Å². The Morgan fingerprint density at radius 3 is 2.14 bits per heavy atom. The molecule has 6 rings (SSSR count). The summed E-state index contributed by atoms with van der Waals surface area (Å²) in [5, 5.41) is 5.45. The fraction of sp³-hybridized carbons (Fsp3) is 0.0345. The number of hydrogen-bond acceptors (Lipinski definition) is 6. The Hall–Kier alpha value is -5.04. The maximum atomic E-state index is 13.2. The van der Waals surface area contributed by atoms with Gasteiger partial charge < -0.3 is 9.26 Å². The van der Waals surface area contributed by atoms with Crippen molar-refractivity contribution in [1.82, 2.24) is 5.16 Å². The molecule has 0 fully saturated rings. The number of benzene rings is 4. The van der Waals surface area contributed by atoms with Crippen molar-refractivity contribution in [3.63, 3.8) is 0 Å². The van der Waals surface area contributed by atoms with E-state index in [1.807, 2.05) is 42.5 Å². The molecule has 174 valence electrons. The molecule has 2 heterocycles. The lowest BCUT2D eigenvalue weighted by Gasteiger charge is -2.27. The van der Waals surface area contributed by atoms with Gasteiger partial charge in [0.25, 0.3) is 11.8 Å². The van der Waals surface area contributed by atoms with Crippen LogP contribution in [0.3, 0.4) is 0 Å². The number of rotatable bonds is 5. The van der Waals surface area contributed by atoms with Gasteiger partial charge in [0.05, 0.1) is 11.3 Å². The second-order valence-electron chi connectivity index (χ2n) is 8.33. The van der Waals surface area contributed by atoms with E-state index in [0.717, 1.165) is 15.8 Å². The van der Waals surface area contributed by atoms with Gasteiger partial charge in [0.1, 0.15) is 12.3 Å². The molecule has 7 nitrogen and oxygen atoms in total. The molecule has 0 saturated carbocycles. The molecule has 0 spiro atoms. The van der Waals surface area contributed by atoms with Gasteiger partial charge in [0.2, 0.25) is 0 Å². The lowest BCUT2D eigenvalue weighted by molar-refractivity contribution is 0.0464. The second-order valence-corrected chi connectivity index (χ2v) is 8.33. The predicted molar refractivity (Wildman–Crippen MR) is 133 cm³/mol. The Balaban J connectivity index is 1.18. The zero-order chi connectivity index (χ0) is 24.6. The summed E-state index contributed by atoms with van der Waals surface area (Å²) in [6.07, 6.45) is 0. The zero-order valence-corrected chi connectivity index (χ0v) is 18.9. The van der Waals surface area contributed by atoms with Crippen LogP contribution in [0.1, 0.15) is 36.8 Å². The highest BCUT2D eigenvalue weighted by Gasteiger charge is 2.33. The molecular weight excluding hydrogens is 456 g/mol. The third kappa shape index (κ3) is 3.63. The first-order chi connectivity index (χ1) is 17.6. The summed E-state index contributed by atoms with van der Waals surface area (Å²) in [4.78, 5) is 40.1. The van der Waals surface area contributed by atoms with Gasteiger partial charge >= 0.3 is 5.97 Å². The Bertz CT molecular complexity index is 1590. The monoisotopic (exact) mass is 474 g/mol. The molecule has 4 aromatic carbocycles. The average Bonchev–Trinajstić information content (AvgIpc) is 3.40. The molecule has 0 atom stereocenters. The number of nitrogens with zero attached hydrogens (tertiary/aromatic N) is 2. The number of carbonyl (C=O) groups excluding carboxylic acids is 3. The first-order valence-corrected chi connectivity index (χ1v) is 11.3. The van der Waals surface area contributed by atoms with Gasteiger partial charge in [-0.25, -0.2) is 9.69 Å². The van der Waals surface area contributed by atoms with E-state index in [0.29, 0.717) is 33.7 Å². The molecule has 36 heavy (non-hydrogen) atoms. The number of imide groups is 1. The number of ether oxygens (including phenoxy) is 1. The van der Waals surface area contributed by atoms with Crippen LogP contribution in [-0.4, -0.2) is 22.9 Å². The molecule has 2 amide bonds. The predicted octanol–water partition coefficient (Wildman–Crippen LogP) is 5.65. The van der Waals surface area contributed by atoms with Crippen LogP contribution < -0.4 is 4.90 Å². The van der Waals surface area contributed by atoms with Gasteiger partial charge in [-0.1, -0.05) is 59.8 Å². The van der Waals surface area contributed by atoms with Crippen LogP contribution in [0.15, 0.2) is 102 Å². The topological polar surface area (TPSA) is 89.7 Å². The summed E-state index contributed by atoms with van der Waals surface area (Å²) in [5.41, 5.74) is 2.94. The molecule has 1 aromatic heterocycles.